The zero-order chi connectivity index (χ0) is 12.3. The van der Waals surface area contributed by atoms with Crippen LogP contribution in [0, 0.1) is 11.3 Å². The summed E-state index contributed by atoms with van der Waals surface area (Å²) in [4.78, 5) is 13.6. The molecule has 0 unspecified atom stereocenters. The molecule has 1 aliphatic rings. The van der Waals surface area contributed by atoms with Crippen molar-refractivity contribution in [3.8, 4) is 6.07 Å². The molecule has 2 rings (SSSR count). The van der Waals surface area contributed by atoms with E-state index in [4.69, 9.17) is 5.26 Å². The van der Waals surface area contributed by atoms with E-state index >= 15 is 0 Å². The van der Waals surface area contributed by atoms with Crippen LogP contribution in [0.1, 0.15) is 18.4 Å². The Morgan fingerprint density at radius 1 is 1.41 bits per heavy atom. The Morgan fingerprint density at radius 3 is 2.76 bits per heavy atom. The number of nitrogens with one attached hydrogen (secondary N) is 1. The van der Waals surface area contributed by atoms with Crippen LogP contribution in [0.2, 0.25) is 0 Å². The third-order valence-corrected chi connectivity index (χ3v) is 3.23. The maximum Gasteiger partial charge on any atom is 0.321 e. The fraction of sp³-hybridized carbons (Fsp3) is 0.333. The van der Waals surface area contributed by atoms with Crippen molar-refractivity contribution < 1.29 is 4.79 Å². The highest BCUT2D eigenvalue weighted by Gasteiger charge is 2.18. The number of nitriles is 1. The minimum absolute atomic E-state index is 0.124. The number of anilines is 1. The van der Waals surface area contributed by atoms with Gasteiger partial charge in [-0.3, -0.25) is 0 Å². The maximum atomic E-state index is 11.9. The summed E-state index contributed by atoms with van der Waals surface area (Å²) in [6.45, 7) is 1.59. The summed E-state index contributed by atoms with van der Waals surface area (Å²) in [5.74, 6) is 0. The van der Waals surface area contributed by atoms with E-state index in [1.807, 2.05) is 0 Å². The summed E-state index contributed by atoms with van der Waals surface area (Å²) in [6.07, 6.45) is 2.11. The minimum atomic E-state index is -0.124. The minimum Gasteiger partial charge on any atom is -0.325 e. The number of halogens is 1. The number of rotatable bonds is 1. The van der Waals surface area contributed by atoms with Gasteiger partial charge in [0.1, 0.15) is 6.07 Å². The number of carbonyl (C=O) groups is 1. The summed E-state index contributed by atoms with van der Waals surface area (Å²) < 4.78 is 0.827. The first-order valence-electron chi connectivity index (χ1n) is 5.46. The quantitative estimate of drug-likeness (QED) is 0.865. The Kier molecular flexibility index (Phi) is 3.64. The zero-order valence-electron chi connectivity index (χ0n) is 9.24. The molecule has 1 heterocycles. The number of amides is 2. The molecule has 88 valence electrons. The molecule has 0 saturated carbocycles. The van der Waals surface area contributed by atoms with Crippen LogP contribution in [0.25, 0.3) is 0 Å². The zero-order valence-corrected chi connectivity index (χ0v) is 10.8. The number of hydrogen-bond acceptors (Lipinski definition) is 2. The van der Waals surface area contributed by atoms with Gasteiger partial charge in [-0.05, 0) is 31.0 Å². The van der Waals surface area contributed by atoms with E-state index in [-0.39, 0.29) is 6.03 Å². The Morgan fingerprint density at radius 2 is 2.12 bits per heavy atom. The van der Waals surface area contributed by atoms with Crippen molar-refractivity contribution in [3.63, 3.8) is 0 Å². The van der Waals surface area contributed by atoms with E-state index in [0.717, 1.165) is 30.4 Å². The lowest BCUT2D eigenvalue weighted by Gasteiger charge is -2.16. The predicted molar refractivity (Wildman–Crippen MR) is 68.7 cm³/mol. The number of nitrogens with zero attached hydrogens (tertiary/aromatic N) is 2. The van der Waals surface area contributed by atoms with Gasteiger partial charge in [0, 0.05) is 17.6 Å². The monoisotopic (exact) mass is 293 g/mol. The number of hydrogen-bond donors (Lipinski definition) is 1. The third kappa shape index (κ3) is 2.77. The lowest BCUT2D eigenvalue weighted by atomic mass is 10.2. The van der Waals surface area contributed by atoms with Gasteiger partial charge in [0.25, 0.3) is 0 Å². The largest absolute Gasteiger partial charge is 0.325 e. The van der Waals surface area contributed by atoms with E-state index in [2.05, 4.69) is 27.3 Å². The van der Waals surface area contributed by atoms with E-state index in [9.17, 15) is 4.79 Å². The van der Waals surface area contributed by atoms with Gasteiger partial charge < -0.3 is 10.2 Å². The molecular weight excluding hydrogens is 282 g/mol. The summed E-state index contributed by atoms with van der Waals surface area (Å²) in [7, 11) is 0. The van der Waals surface area contributed by atoms with Crippen LogP contribution in [0.15, 0.2) is 22.7 Å². The lowest BCUT2D eigenvalue weighted by molar-refractivity contribution is 0.222. The number of benzene rings is 1. The molecule has 1 aliphatic heterocycles. The number of likely N-dealkylation sites (tertiary alicyclic amines) is 1. The predicted octanol–water partition coefficient (Wildman–Crippen LogP) is 2.95. The molecule has 1 aromatic carbocycles. The van der Waals surface area contributed by atoms with Gasteiger partial charge in [0.15, 0.2) is 0 Å². The van der Waals surface area contributed by atoms with Gasteiger partial charge in [0.05, 0.1) is 11.3 Å². The van der Waals surface area contributed by atoms with Crippen LogP contribution in [-0.4, -0.2) is 24.0 Å². The molecule has 1 fully saturated rings. The van der Waals surface area contributed by atoms with E-state index in [1.165, 1.54) is 0 Å². The van der Waals surface area contributed by atoms with Crippen molar-refractivity contribution >= 4 is 27.6 Å². The maximum absolute atomic E-state index is 11.9. The number of carbonyl (C=O) groups excluding carboxylic acids is 1. The van der Waals surface area contributed by atoms with Gasteiger partial charge in [-0.2, -0.15) is 5.26 Å². The summed E-state index contributed by atoms with van der Waals surface area (Å²) >= 11 is 3.30. The van der Waals surface area contributed by atoms with E-state index in [0.29, 0.717) is 11.3 Å². The first kappa shape index (κ1) is 11.9. The average molecular weight is 294 g/mol. The van der Waals surface area contributed by atoms with Crippen molar-refractivity contribution in [1.29, 1.82) is 5.26 Å². The van der Waals surface area contributed by atoms with Crippen LogP contribution in [-0.2, 0) is 0 Å². The molecule has 0 radical (unpaired) electrons. The number of urea groups is 1. The molecule has 0 aliphatic carbocycles. The standard InChI is InChI=1S/C12H12BrN3O/c13-10-3-4-11(9(7-10)8-14)15-12(17)16-5-1-2-6-16/h3-4,7H,1-2,5-6H2,(H,15,17). The highest BCUT2D eigenvalue weighted by molar-refractivity contribution is 9.10. The molecule has 1 saturated heterocycles. The van der Waals surface area contributed by atoms with Crippen molar-refractivity contribution in [2.75, 3.05) is 18.4 Å². The molecule has 5 heteroatoms. The Hall–Kier alpha value is -1.54. The molecule has 17 heavy (non-hydrogen) atoms. The fourth-order valence-corrected chi connectivity index (χ4v) is 2.19. The van der Waals surface area contributed by atoms with Gasteiger partial charge in [-0.25, -0.2) is 4.79 Å². The SMILES string of the molecule is N#Cc1cc(Br)ccc1NC(=O)N1CCCC1. The average Bonchev–Trinajstić information content (AvgIpc) is 2.85. The van der Waals surface area contributed by atoms with Crippen LogP contribution in [0.4, 0.5) is 10.5 Å². The van der Waals surface area contributed by atoms with Gasteiger partial charge in [-0.15, -0.1) is 0 Å². The smallest absolute Gasteiger partial charge is 0.321 e. The van der Waals surface area contributed by atoms with Crippen molar-refractivity contribution in [2.24, 2.45) is 0 Å². The fourth-order valence-electron chi connectivity index (χ4n) is 1.83. The summed E-state index contributed by atoms with van der Waals surface area (Å²) in [5.41, 5.74) is 1.03. The first-order chi connectivity index (χ1) is 8.20. The summed E-state index contributed by atoms with van der Waals surface area (Å²) in [6, 6.07) is 7.18. The Bertz CT molecular complexity index is 475. The molecule has 0 aromatic heterocycles. The third-order valence-electron chi connectivity index (χ3n) is 2.74. The highest BCUT2D eigenvalue weighted by Crippen LogP contribution is 2.21. The topological polar surface area (TPSA) is 56.1 Å². The second-order valence-electron chi connectivity index (χ2n) is 3.93. The molecule has 1 N–H and O–H groups in total. The van der Waals surface area contributed by atoms with Crippen LogP contribution in [0.3, 0.4) is 0 Å². The summed E-state index contributed by atoms with van der Waals surface area (Å²) in [5, 5.41) is 11.8. The van der Waals surface area contributed by atoms with Gasteiger partial charge in [-0.1, -0.05) is 15.9 Å². The second-order valence-corrected chi connectivity index (χ2v) is 4.84. The van der Waals surface area contributed by atoms with Gasteiger partial charge >= 0.3 is 6.03 Å². The first-order valence-corrected chi connectivity index (χ1v) is 6.25. The normalized spacial score (nSPS) is 14.5. The molecule has 1 aromatic rings. The van der Waals surface area contributed by atoms with Crippen molar-refractivity contribution in [3.05, 3.63) is 28.2 Å². The van der Waals surface area contributed by atoms with Crippen LogP contribution >= 0.6 is 15.9 Å². The molecule has 0 bridgehead atoms. The molecule has 4 nitrogen and oxygen atoms in total. The van der Waals surface area contributed by atoms with Crippen LogP contribution in [0.5, 0.6) is 0 Å². The van der Waals surface area contributed by atoms with E-state index in [1.54, 1.807) is 23.1 Å². The highest BCUT2D eigenvalue weighted by atomic mass is 79.9. The Labute approximate surface area is 108 Å². The molecule has 2 amide bonds. The molecule has 0 atom stereocenters. The molecular formula is C12H12BrN3O. The van der Waals surface area contributed by atoms with Gasteiger partial charge in [0.2, 0.25) is 0 Å². The lowest BCUT2D eigenvalue weighted by Crippen LogP contribution is -2.32. The van der Waals surface area contributed by atoms with E-state index < -0.39 is 0 Å². The van der Waals surface area contributed by atoms with Crippen molar-refractivity contribution in [2.45, 2.75) is 12.8 Å². The second kappa shape index (κ2) is 5.19. The molecule has 0 spiro atoms. The Balaban J connectivity index is 2.13. The van der Waals surface area contributed by atoms with Crippen LogP contribution < -0.4 is 5.32 Å². The van der Waals surface area contributed by atoms with Crippen molar-refractivity contribution in [1.82, 2.24) is 4.90 Å².